The number of anilines is 1. The molecule has 1 aromatic rings. The van der Waals surface area contributed by atoms with E-state index >= 15 is 0 Å². The van der Waals surface area contributed by atoms with Crippen LogP contribution in [-0.2, 0) is 4.79 Å². The topological polar surface area (TPSA) is 75.5 Å². The van der Waals surface area contributed by atoms with Crippen LogP contribution in [0.5, 0.6) is 5.88 Å². The van der Waals surface area contributed by atoms with Gasteiger partial charge in [-0.2, -0.15) is 4.98 Å². The van der Waals surface area contributed by atoms with Crippen molar-refractivity contribution >= 4 is 11.8 Å². The second-order valence-electron chi connectivity index (χ2n) is 5.73. The van der Waals surface area contributed by atoms with Gasteiger partial charge in [0.05, 0.1) is 19.1 Å². The van der Waals surface area contributed by atoms with E-state index in [4.69, 9.17) is 4.74 Å². The minimum Gasteiger partial charge on any atom is -0.481 e. The van der Waals surface area contributed by atoms with Gasteiger partial charge in [0.15, 0.2) is 0 Å². The molecule has 116 valence electrons. The van der Waals surface area contributed by atoms with Gasteiger partial charge in [-0.05, 0) is 19.8 Å². The van der Waals surface area contributed by atoms with Crippen molar-refractivity contribution < 1.29 is 14.6 Å². The third-order valence-electron chi connectivity index (χ3n) is 4.33. The fourth-order valence-corrected chi connectivity index (χ4v) is 3.17. The number of carboxylic acids is 1. The predicted molar refractivity (Wildman–Crippen MR) is 79.8 cm³/mol. The lowest BCUT2D eigenvalue weighted by Gasteiger charge is -2.44. The molecule has 1 fully saturated rings. The molecule has 0 atom stereocenters. The molecular weight excluding hydrogens is 270 g/mol. The largest absolute Gasteiger partial charge is 0.481 e. The first kappa shape index (κ1) is 15.5. The van der Waals surface area contributed by atoms with Crippen molar-refractivity contribution in [2.75, 3.05) is 19.1 Å². The summed E-state index contributed by atoms with van der Waals surface area (Å²) in [6.07, 6.45) is 5.16. The van der Waals surface area contributed by atoms with Crippen LogP contribution in [0.4, 0.5) is 5.82 Å². The third-order valence-corrected chi connectivity index (χ3v) is 4.33. The van der Waals surface area contributed by atoms with Gasteiger partial charge in [0.2, 0.25) is 5.88 Å². The number of aryl methyl sites for hydroxylation is 1. The Bertz CT molecular complexity index is 513. The molecule has 0 amide bonds. The Kier molecular flexibility index (Phi) is 4.65. The number of rotatable bonds is 5. The summed E-state index contributed by atoms with van der Waals surface area (Å²) in [7, 11) is 3.49. The Balaban J connectivity index is 2.35. The van der Waals surface area contributed by atoms with E-state index in [9.17, 15) is 9.90 Å². The van der Waals surface area contributed by atoms with E-state index in [2.05, 4.69) is 9.97 Å². The number of aromatic nitrogens is 2. The molecule has 0 radical (unpaired) electrons. The molecule has 2 rings (SSSR count). The Morgan fingerprint density at radius 1 is 1.38 bits per heavy atom. The number of hydrogen-bond donors (Lipinski definition) is 1. The zero-order valence-electron chi connectivity index (χ0n) is 12.9. The van der Waals surface area contributed by atoms with Gasteiger partial charge in [0, 0.05) is 13.1 Å². The number of aliphatic carboxylic acids is 1. The molecule has 0 saturated heterocycles. The van der Waals surface area contributed by atoms with Crippen LogP contribution >= 0.6 is 0 Å². The molecule has 0 aromatic carbocycles. The Labute approximate surface area is 125 Å². The molecule has 1 saturated carbocycles. The summed E-state index contributed by atoms with van der Waals surface area (Å²) >= 11 is 0. The van der Waals surface area contributed by atoms with E-state index in [1.54, 1.807) is 13.2 Å². The lowest BCUT2D eigenvalue weighted by Crippen LogP contribution is -2.50. The third kappa shape index (κ3) is 3.43. The maximum Gasteiger partial charge on any atom is 0.305 e. The van der Waals surface area contributed by atoms with E-state index in [1.807, 2.05) is 18.9 Å². The second-order valence-corrected chi connectivity index (χ2v) is 5.73. The van der Waals surface area contributed by atoms with E-state index < -0.39 is 5.97 Å². The minimum absolute atomic E-state index is 0.134. The summed E-state index contributed by atoms with van der Waals surface area (Å²) in [6.45, 7) is 1.81. The summed E-state index contributed by atoms with van der Waals surface area (Å²) in [5.41, 5.74) is -0.365. The van der Waals surface area contributed by atoms with Crippen LogP contribution in [0.15, 0.2) is 6.07 Å². The SMILES string of the molecule is COc1cc(N(C)C2(CC(=O)O)CCCCC2)nc(C)n1. The maximum absolute atomic E-state index is 11.3. The first-order valence-electron chi connectivity index (χ1n) is 7.32. The van der Waals surface area contributed by atoms with Crippen LogP contribution < -0.4 is 9.64 Å². The van der Waals surface area contributed by atoms with E-state index in [0.29, 0.717) is 11.7 Å². The highest BCUT2D eigenvalue weighted by Gasteiger charge is 2.39. The number of ether oxygens (including phenoxy) is 1. The first-order valence-corrected chi connectivity index (χ1v) is 7.32. The van der Waals surface area contributed by atoms with Gasteiger partial charge < -0.3 is 14.7 Å². The fourth-order valence-electron chi connectivity index (χ4n) is 3.17. The Hall–Kier alpha value is -1.85. The Morgan fingerprint density at radius 2 is 2.05 bits per heavy atom. The molecule has 1 N–H and O–H groups in total. The summed E-state index contributed by atoms with van der Waals surface area (Å²) < 4.78 is 5.19. The van der Waals surface area contributed by atoms with Gasteiger partial charge in [0.1, 0.15) is 11.6 Å². The molecule has 0 aliphatic heterocycles. The lowest BCUT2D eigenvalue weighted by molar-refractivity contribution is -0.138. The molecule has 1 aliphatic carbocycles. The average Bonchev–Trinajstić information content (AvgIpc) is 2.46. The van der Waals surface area contributed by atoms with Crippen molar-refractivity contribution in [2.45, 2.75) is 51.0 Å². The highest BCUT2D eigenvalue weighted by Crippen LogP contribution is 2.38. The van der Waals surface area contributed by atoms with E-state index in [0.717, 1.165) is 31.5 Å². The zero-order chi connectivity index (χ0) is 15.5. The lowest BCUT2D eigenvalue weighted by atomic mass is 9.78. The highest BCUT2D eigenvalue weighted by atomic mass is 16.5. The molecule has 0 bridgehead atoms. The normalized spacial score (nSPS) is 17.3. The van der Waals surface area contributed by atoms with Crippen molar-refractivity contribution in [2.24, 2.45) is 0 Å². The average molecular weight is 293 g/mol. The van der Waals surface area contributed by atoms with Crippen LogP contribution in [0.3, 0.4) is 0 Å². The molecular formula is C15H23N3O3. The number of methoxy groups -OCH3 is 1. The predicted octanol–water partition coefficient (Wildman–Crippen LogP) is 2.41. The molecule has 6 nitrogen and oxygen atoms in total. The number of hydrogen-bond acceptors (Lipinski definition) is 5. The van der Waals surface area contributed by atoms with Gasteiger partial charge >= 0.3 is 5.97 Å². The molecule has 1 aliphatic rings. The van der Waals surface area contributed by atoms with Crippen LogP contribution in [0.1, 0.15) is 44.3 Å². The minimum atomic E-state index is -0.763. The fraction of sp³-hybridized carbons (Fsp3) is 0.667. The first-order chi connectivity index (χ1) is 9.97. The van der Waals surface area contributed by atoms with Crippen LogP contribution in [-0.4, -0.2) is 40.7 Å². The molecule has 0 spiro atoms. The van der Waals surface area contributed by atoms with Crippen molar-refractivity contribution in [3.8, 4) is 5.88 Å². The van der Waals surface area contributed by atoms with Crippen molar-refractivity contribution in [1.82, 2.24) is 9.97 Å². The van der Waals surface area contributed by atoms with Crippen molar-refractivity contribution in [3.63, 3.8) is 0 Å². The summed E-state index contributed by atoms with van der Waals surface area (Å²) in [5.74, 6) is 1.09. The standard InChI is InChI=1S/C15H23N3O3/c1-11-16-12(9-13(17-11)21-3)18(2)15(10-14(19)20)7-5-4-6-8-15/h9H,4-8,10H2,1-3H3,(H,19,20). The van der Waals surface area contributed by atoms with E-state index in [1.165, 1.54) is 6.42 Å². The van der Waals surface area contributed by atoms with Crippen molar-refractivity contribution in [1.29, 1.82) is 0 Å². The van der Waals surface area contributed by atoms with Gasteiger partial charge in [-0.3, -0.25) is 4.79 Å². The number of carboxylic acid groups (broad SMARTS) is 1. The smallest absolute Gasteiger partial charge is 0.305 e. The van der Waals surface area contributed by atoms with E-state index in [-0.39, 0.29) is 12.0 Å². The van der Waals surface area contributed by atoms with Gasteiger partial charge in [-0.1, -0.05) is 19.3 Å². The zero-order valence-corrected chi connectivity index (χ0v) is 12.9. The summed E-state index contributed by atoms with van der Waals surface area (Å²) in [4.78, 5) is 22.0. The van der Waals surface area contributed by atoms with Gasteiger partial charge in [0.25, 0.3) is 0 Å². The number of nitrogens with zero attached hydrogens (tertiary/aromatic N) is 3. The van der Waals surface area contributed by atoms with Gasteiger partial charge in [-0.25, -0.2) is 4.98 Å². The maximum atomic E-state index is 11.3. The molecule has 0 unspecified atom stereocenters. The van der Waals surface area contributed by atoms with Crippen molar-refractivity contribution in [3.05, 3.63) is 11.9 Å². The monoisotopic (exact) mass is 293 g/mol. The van der Waals surface area contributed by atoms with Crippen LogP contribution in [0, 0.1) is 6.92 Å². The van der Waals surface area contributed by atoms with Gasteiger partial charge in [-0.15, -0.1) is 0 Å². The quantitative estimate of drug-likeness (QED) is 0.898. The summed E-state index contributed by atoms with van der Waals surface area (Å²) in [6, 6.07) is 1.77. The molecule has 21 heavy (non-hydrogen) atoms. The molecule has 1 heterocycles. The molecule has 6 heteroatoms. The van der Waals surface area contributed by atoms with Crippen LogP contribution in [0.2, 0.25) is 0 Å². The second kappa shape index (κ2) is 6.28. The highest BCUT2D eigenvalue weighted by molar-refractivity contribution is 5.69. The van der Waals surface area contributed by atoms with Crippen LogP contribution in [0.25, 0.3) is 0 Å². The Morgan fingerprint density at radius 3 is 2.62 bits per heavy atom. The summed E-state index contributed by atoms with van der Waals surface area (Å²) in [5, 5.41) is 9.30. The molecule has 1 aromatic heterocycles. The number of carbonyl (C=O) groups is 1.